The highest BCUT2D eigenvalue weighted by Gasteiger charge is 2.36. The highest BCUT2D eigenvalue weighted by molar-refractivity contribution is 7.92. The van der Waals surface area contributed by atoms with Crippen molar-refractivity contribution in [3.05, 3.63) is 52.5 Å². The van der Waals surface area contributed by atoms with Crippen LogP contribution in [-0.4, -0.2) is 46.3 Å². The van der Waals surface area contributed by atoms with Crippen LogP contribution in [0.1, 0.15) is 36.7 Å². The lowest BCUT2D eigenvalue weighted by molar-refractivity contribution is -0.122. The summed E-state index contributed by atoms with van der Waals surface area (Å²) in [6.07, 6.45) is -0.0159. The van der Waals surface area contributed by atoms with E-state index in [9.17, 15) is 18.0 Å². The first-order chi connectivity index (χ1) is 14.8. The second-order valence-corrected chi connectivity index (χ2v) is 10.8. The molecule has 3 rings (SSSR count). The topological polar surface area (TPSA) is 102 Å². The molecule has 2 aromatic rings. The summed E-state index contributed by atoms with van der Waals surface area (Å²) in [5, 5.41) is 2.82. The molecule has 1 amide bonds. The average molecular weight is 481 g/mol. The molecule has 10 heteroatoms. The highest BCUT2D eigenvalue weighted by atomic mass is 35.5. The molecule has 1 atom stereocenters. The van der Waals surface area contributed by atoms with E-state index < -0.39 is 28.0 Å². The van der Waals surface area contributed by atoms with Gasteiger partial charge in [0.15, 0.2) is 6.10 Å². The van der Waals surface area contributed by atoms with Crippen molar-refractivity contribution in [3.63, 3.8) is 0 Å². The molecule has 32 heavy (non-hydrogen) atoms. The van der Waals surface area contributed by atoms with E-state index in [-0.39, 0.29) is 22.5 Å². The van der Waals surface area contributed by atoms with Crippen molar-refractivity contribution in [2.75, 3.05) is 29.5 Å². The number of fused-ring (bicyclic) bond motifs is 1. The molecule has 0 saturated carbocycles. The van der Waals surface area contributed by atoms with Gasteiger partial charge in [0.2, 0.25) is 10.0 Å². The second kappa shape index (κ2) is 8.63. The van der Waals surface area contributed by atoms with Crippen LogP contribution in [0.5, 0.6) is 5.75 Å². The number of amides is 1. The standard InChI is InChI=1S/C22H25ClN2O6S/c1-22(2,3)13-6-9-18-17(10-13)25(32(5,28)29)12-19(31-18)20(26)24-14-7-8-16(23)15(11-14)21(27)30-4/h6-11,19H,12H2,1-5H3,(H,24,26). The Balaban J connectivity index is 1.91. The van der Waals surface area contributed by atoms with Gasteiger partial charge in [-0.1, -0.05) is 38.4 Å². The number of hydrogen-bond acceptors (Lipinski definition) is 6. The zero-order valence-corrected chi connectivity index (χ0v) is 20.0. The maximum Gasteiger partial charge on any atom is 0.339 e. The van der Waals surface area contributed by atoms with E-state index in [1.165, 1.54) is 29.6 Å². The van der Waals surface area contributed by atoms with Gasteiger partial charge in [-0.3, -0.25) is 9.10 Å². The number of nitrogens with one attached hydrogen (secondary N) is 1. The minimum atomic E-state index is -3.67. The molecule has 1 unspecified atom stereocenters. The van der Waals surface area contributed by atoms with Gasteiger partial charge in [-0.05, 0) is 41.3 Å². The molecular formula is C22H25ClN2O6S. The van der Waals surface area contributed by atoms with Crippen LogP contribution in [0.15, 0.2) is 36.4 Å². The second-order valence-electron chi connectivity index (χ2n) is 8.51. The van der Waals surface area contributed by atoms with Crippen molar-refractivity contribution < 1.29 is 27.5 Å². The number of hydrogen-bond donors (Lipinski definition) is 1. The van der Waals surface area contributed by atoms with Crippen LogP contribution in [0.2, 0.25) is 5.02 Å². The number of rotatable bonds is 4. The van der Waals surface area contributed by atoms with Crippen molar-refractivity contribution in [3.8, 4) is 5.75 Å². The SMILES string of the molecule is COC(=O)c1cc(NC(=O)C2CN(S(C)(=O)=O)c3cc(C(C)(C)C)ccc3O2)ccc1Cl. The van der Waals surface area contributed by atoms with Gasteiger partial charge in [-0.25, -0.2) is 13.2 Å². The largest absolute Gasteiger partial charge is 0.476 e. The molecule has 0 radical (unpaired) electrons. The lowest BCUT2D eigenvalue weighted by atomic mass is 9.86. The van der Waals surface area contributed by atoms with Gasteiger partial charge in [0, 0.05) is 5.69 Å². The smallest absolute Gasteiger partial charge is 0.339 e. The van der Waals surface area contributed by atoms with E-state index in [4.69, 9.17) is 16.3 Å². The third-order valence-corrected chi connectivity index (χ3v) is 6.50. The number of nitrogens with zero attached hydrogens (tertiary/aromatic N) is 1. The van der Waals surface area contributed by atoms with Gasteiger partial charge in [-0.2, -0.15) is 0 Å². The third-order valence-electron chi connectivity index (χ3n) is 5.03. The van der Waals surface area contributed by atoms with Crippen LogP contribution in [0.4, 0.5) is 11.4 Å². The number of anilines is 2. The van der Waals surface area contributed by atoms with E-state index in [1.54, 1.807) is 12.1 Å². The van der Waals surface area contributed by atoms with Crippen molar-refractivity contribution in [2.45, 2.75) is 32.3 Å². The Morgan fingerprint density at radius 2 is 1.88 bits per heavy atom. The molecule has 1 N–H and O–H groups in total. The van der Waals surface area contributed by atoms with E-state index in [0.29, 0.717) is 17.1 Å². The summed E-state index contributed by atoms with van der Waals surface area (Å²) in [4.78, 5) is 24.8. The predicted molar refractivity (Wildman–Crippen MR) is 123 cm³/mol. The number of sulfonamides is 1. The quantitative estimate of drug-likeness (QED) is 0.671. The molecule has 8 nitrogen and oxygen atoms in total. The molecule has 0 saturated heterocycles. The van der Waals surface area contributed by atoms with E-state index in [2.05, 4.69) is 10.1 Å². The van der Waals surface area contributed by atoms with Crippen molar-refractivity contribution in [1.29, 1.82) is 0 Å². The van der Waals surface area contributed by atoms with Crippen LogP contribution in [-0.2, 0) is 25.0 Å². The van der Waals surface area contributed by atoms with Crippen LogP contribution in [0.3, 0.4) is 0 Å². The summed E-state index contributed by atoms with van der Waals surface area (Å²) in [6, 6.07) is 9.65. The van der Waals surface area contributed by atoms with Crippen molar-refractivity contribution in [2.24, 2.45) is 0 Å². The molecule has 1 aliphatic heterocycles. The molecule has 2 aromatic carbocycles. The molecule has 0 bridgehead atoms. The Hall–Kier alpha value is -2.78. The summed E-state index contributed by atoms with van der Waals surface area (Å²) in [5.74, 6) is -0.921. The summed E-state index contributed by atoms with van der Waals surface area (Å²) in [5.41, 5.74) is 1.52. The van der Waals surface area contributed by atoms with Gasteiger partial charge in [0.05, 0.1) is 36.2 Å². The maximum atomic E-state index is 12.9. The molecule has 0 spiro atoms. The van der Waals surface area contributed by atoms with Gasteiger partial charge in [-0.15, -0.1) is 0 Å². The minimum absolute atomic E-state index is 0.0920. The Kier molecular flexibility index (Phi) is 6.44. The fraction of sp³-hybridized carbons (Fsp3) is 0.364. The first-order valence-corrected chi connectivity index (χ1v) is 12.0. The number of benzene rings is 2. The van der Waals surface area contributed by atoms with E-state index in [0.717, 1.165) is 11.8 Å². The zero-order chi connectivity index (χ0) is 23.8. The van der Waals surface area contributed by atoms with Crippen LogP contribution in [0, 0.1) is 0 Å². The minimum Gasteiger partial charge on any atom is -0.476 e. The number of esters is 1. The van der Waals surface area contributed by atoms with Crippen LogP contribution < -0.4 is 14.4 Å². The Morgan fingerprint density at radius 3 is 2.47 bits per heavy atom. The lowest BCUT2D eigenvalue weighted by Gasteiger charge is -2.35. The number of carbonyl (C=O) groups is 2. The fourth-order valence-electron chi connectivity index (χ4n) is 3.26. The molecular weight excluding hydrogens is 456 g/mol. The summed E-state index contributed by atoms with van der Waals surface area (Å²) in [7, 11) is -2.45. The van der Waals surface area contributed by atoms with Gasteiger partial charge in [0.1, 0.15) is 5.75 Å². The first kappa shape index (κ1) is 23.9. The Bertz CT molecular complexity index is 1170. The number of methoxy groups -OCH3 is 1. The average Bonchev–Trinajstić information content (AvgIpc) is 2.71. The molecule has 172 valence electrons. The molecule has 0 aromatic heterocycles. The Morgan fingerprint density at radius 1 is 1.19 bits per heavy atom. The van der Waals surface area contributed by atoms with E-state index >= 15 is 0 Å². The predicted octanol–water partition coefficient (Wildman–Crippen LogP) is 3.59. The number of halogens is 1. The molecule has 1 heterocycles. The normalized spacial score (nSPS) is 16.1. The number of ether oxygens (including phenoxy) is 2. The summed E-state index contributed by atoms with van der Waals surface area (Å²) in [6.45, 7) is 5.87. The van der Waals surface area contributed by atoms with E-state index in [1.807, 2.05) is 26.8 Å². The molecule has 0 fully saturated rings. The van der Waals surface area contributed by atoms with Crippen molar-refractivity contribution in [1.82, 2.24) is 0 Å². The maximum absolute atomic E-state index is 12.9. The lowest BCUT2D eigenvalue weighted by Crippen LogP contribution is -2.48. The molecule has 0 aliphatic carbocycles. The monoisotopic (exact) mass is 480 g/mol. The van der Waals surface area contributed by atoms with Crippen LogP contribution >= 0.6 is 11.6 Å². The summed E-state index contributed by atoms with van der Waals surface area (Å²) >= 11 is 6.01. The van der Waals surface area contributed by atoms with Crippen LogP contribution in [0.25, 0.3) is 0 Å². The third kappa shape index (κ3) is 4.99. The molecule has 1 aliphatic rings. The van der Waals surface area contributed by atoms with Crippen molar-refractivity contribution >= 4 is 44.9 Å². The first-order valence-electron chi connectivity index (χ1n) is 9.79. The summed E-state index contributed by atoms with van der Waals surface area (Å²) < 4.78 is 36.7. The Labute approximate surface area is 192 Å². The van der Waals surface area contributed by atoms with Gasteiger partial charge in [0.25, 0.3) is 5.91 Å². The van der Waals surface area contributed by atoms with Gasteiger partial charge >= 0.3 is 5.97 Å². The fourth-order valence-corrected chi connectivity index (χ4v) is 4.36. The van der Waals surface area contributed by atoms with Gasteiger partial charge < -0.3 is 14.8 Å². The number of carbonyl (C=O) groups excluding carboxylic acids is 2. The highest BCUT2D eigenvalue weighted by Crippen LogP contribution is 2.38. The zero-order valence-electron chi connectivity index (χ0n) is 18.4.